The van der Waals surface area contributed by atoms with Crippen molar-refractivity contribution in [3.05, 3.63) is 24.2 Å². The number of likely N-dealkylation sites (tertiary alicyclic amines) is 1. The number of carbonyl (C=O) groups is 2. The van der Waals surface area contributed by atoms with E-state index >= 15 is 0 Å². The zero-order chi connectivity index (χ0) is 17.3. The lowest BCUT2D eigenvalue weighted by molar-refractivity contribution is -0.138. The average molecular weight is 333 g/mol. The van der Waals surface area contributed by atoms with Crippen LogP contribution in [-0.4, -0.2) is 64.8 Å². The molecule has 132 valence electrons. The van der Waals surface area contributed by atoms with Gasteiger partial charge >= 0.3 is 0 Å². The molecule has 1 aromatic rings. The summed E-state index contributed by atoms with van der Waals surface area (Å²) in [4.78, 5) is 31.0. The van der Waals surface area contributed by atoms with Gasteiger partial charge in [-0.1, -0.05) is 0 Å². The van der Waals surface area contributed by atoms with Gasteiger partial charge in [0.05, 0.1) is 18.7 Å². The van der Waals surface area contributed by atoms with E-state index in [-0.39, 0.29) is 23.3 Å². The first kappa shape index (κ1) is 17.0. The van der Waals surface area contributed by atoms with Crippen molar-refractivity contribution in [3.8, 4) is 0 Å². The molecule has 2 aliphatic heterocycles. The van der Waals surface area contributed by atoms with Crippen molar-refractivity contribution in [2.24, 2.45) is 5.92 Å². The molecule has 1 atom stereocenters. The molecule has 2 aliphatic rings. The van der Waals surface area contributed by atoms with E-state index in [2.05, 4.69) is 25.7 Å². The number of furan rings is 1. The smallest absolute Gasteiger partial charge is 0.228 e. The third-order valence-corrected chi connectivity index (χ3v) is 5.03. The van der Waals surface area contributed by atoms with Gasteiger partial charge in [-0.05, 0) is 32.9 Å². The fourth-order valence-electron chi connectivity index (χ4n) is 3.54. The van der Waals surface area contributed by atoms with E-state index in [0.29, 0.717) is 19.5 Å². The second-order valence-corrected chi connectivity index (χ2v) is 7.74. The molecule has 2 amide bonds. The molecule has 0 radical (unpaired) electrons. The standard InChI is InChI=1S/C18H27N3O3/c1-18(2,3)21-8-6-19(7-9-21)17(23)14-11-16(22)20(12-14)13-15-5-4-10-24-15/h4-5,10,14H,6-9,11-13H2,1-3H3. The minimum Gasteiger partial charge on any atom is -0.467 e. The summed E-state index contributed by atoms with van der Waals surface area (Å²) in [6.07, 6.45) is 1.92. The van der Waals surface area contributed by atoms with Gasteiger partial charge in [0.15, 0.2) is 0 Å². The number of hydrogen-bond donors (Lipinski definition) is 0. The highest BCUT2D eigenvalue weighted by Gasteiger charge is 2.38. The summed E-state index contributed by atoms with van der Waals surface area (Å²) in [5.74, 6) is 0.709. The first-order valence-corrected chi connectivity index (χ1v) is 8.68. The minimum absolute atomic E-state index is 0.0399. The number of hydrogen-bond acceptors (Lipinski definition) is 4. The monoisotopic (exact) mass is 333 g/mol. The molecule has 0 saturated carbocycles. The summed E-state index contributed by atoms with van der Waals surface area (Å²) in [6.45, 7) is 10.8. The Kier molecular flexibility index (Phi) is 4.67. The van der Waals surface area contributed by atoms with Crippen LogP contribution in [0.15, 0.2) is 22.8 Å². The molecule has 0 spiro atoms. The lowest BCUT2D eigenvalue weighted by Gasteiger charge is -2.42. The fraction of sp³-hybridized carbons (Fsp3) is 0.667. The van der Waals surface area contributed by atoms with Crippen LogP contribution in [0.4, 0.5) is 0 Å². The largest absolute Gasteiger partial charge is 0.467 e. The van der Waals surface area contributed by atoms with Crippen molar-refractivity contribution in [1.29, 1.82) is 0 Å². The second kappa shape index (κ2) is 6.59. The Morgan fingerprint density at radius 3 is 2.54 bits per heavy atom. The summed E-state index contributed by atoms with van der Waals surface area (Å²) in [5, 5.41) is 0. The number of piperazine rings is 1. The van der Waals surface area contributed by atoms with E-state index in [1.54, 1.807) is 11.2 Å². The van der Waals surface area contributed by atoms with E-state index in [9.17, 15) is 9.59 Å². The number of nitrogens with zero attached hydrogens (tertiary/aromatic N) is 3. The molecule has 0 aliphatic carbocycles. The topological polar surface area (TPSA) is 57.0 Å². The Morgan fingerprint density at radius 1 is 1.25 bits per heavy atom. The maximum atomic E-state index is 12.8. The Bertz CT molecular complexity index is 583. The van der Waals surface area contributed by atoms with Gasteiger partial charge in [0.2, 0.25) is 11.8 Å². The summed E-state index contributed by atoms with van der Waals surface area (Å²) < 4.78 is 5.30. The first-order chi connectivity index (χ1) is 11.3. The van der Waals surface area contributed by atoms with Crippen LogP contribution in [0.5, 0.6) is 0 Å². The van der Waals surface area contributed by atoms with E-state index in [1.165, 1.54) is 0 Å². The van der Waals surface area contributed by atoms with Crippen LogP contribution in [0.1, 0.15) is 33.0 Å². The highest BCUT2D eigenvalue weighted by Crippen LogP contribution is 2.24. The summed E-state index contributed by atoms with van der Waals surface area (Å²) >= 11 is 0. The van der Waals surface area contributed by atoms with E-state index in [1.807, 2.05) is 17.0 Å². The Morgan fingerprint density at radius 2 is 1.96 bits per heavy atom. The molecule has 3 rings (SSSR count). The summed E-state index contributed by atoms with van der Waals surface area (Å²) in [6, 6.07) is 3.67. The molecule has 2 saturated heterocycles. The predicted octanol–water partition coefficient (Wildman–Crippen LogP) is 1.57. The van der Waals surface area contributed by atoms with Crippen molar-refractivity contribution < 1.29 is 14.0 Å². The number of amides is 2. The molecule has 1 unspecified atom stereocenters. The number of rotatable bonds is 3. The molecule has 3 heterocycles. The summed E-state index contributed by atoms with van der Waals surface area (Å²) in [5.41, 5.74) is 0.137. The molecular weight excluding hydrogens is 306 g/mol. The second-order valence-electron chi connectivity index (χ2n) is 7.74. The van der Waals surface area contributed by atoms with Crippen LogP contribution in [-0.2, 0) is 16.1 Å². The van der Waals surface area contributed by atoms with Crippen molar-refractivity contribution in [2.75, 3.05) is 32.7 Å². The number of carbonyl (C=O) groups excluding carboxylic acids is 2. The van der Waals surface area contributed by atoms with Gasteiger partial charge in [0.25, 0.3) is 0 Å². The van der Waals surface area contributed by atoms with Gasteiger partial charge in [-0.3, -0.25) is 14.5 Å². The van der Waals surface area contributed by atoms with Gasteiger partial charge in [-0.2, -0.15) is 0 Å². The van der Waals surface area contributed by atoms with Crippen molar-refractivity contribution >= 4 is 11.8 Å². The molecule has 6 heteroatoms. The van der Waals surface area contributed by atoms with E-state index in [0.717, 1.165) is 31.9 Å². The molecular formula is C18H27N3O3. The van der Waals surface area contributed by atoms with E-state index < -0.39 is 0 Å². The van der Waals surface area contributed by atoms with Crippen LogP contribution in [0.25, 0.3) is 0 Å². The first-order valence-electron chi connectivity index (χ1n) is 8.68. The quantitative estimate of drug-likeness (QED) is 0.842. The molecule has 1 aromatic heterocycles. The summed E-state index contributed by atoms with van der Waals surface area (Å²) in [7, 11) is 0. The lowest BCUT2D eigenvalue weighted by atomic mass is 10.0. The van der Waals surface area contributed by atoms with Gasteiger partial charge in [0.1, 0.15) is 5.76 Å². The lowest BCUT2D eigenvalue weighted by Crippen LogP contribution is -2.55. The normalized spacial score (nSPS) is 23.1. The SMILES string of the molecule is CC(C)(C)N1CCN(C(=O)C2CC(=O)N(Cc3ccco3)C2)CC1. The minimum atomic E-state index is -0.214. The van der Waals surface area contributed by atoms with E-state index in [4.69, 9.17) is 4.42 Å². The highest BCUT2D eigenvalue weighted by molar-refractivity contribution is 5.89. The maximum absolute atomic E-state index is 12.8. The predicted molar refractivity (Wildman–Crippen MR) is 90.1 cm³/mol. The zero-order valence-corrected chi connectivity index (χ0v) is 14.8. The van der Waals surface area contributed by atoms with Crippen molar-refractivity contribution in [2.45, 2.75) is 39.3 Å². The van der Waals surface area contributed by atoms with Crippen LogP contribution >= 0.6 is 0 Å². The van der Waals surface area contributed by atoms with Crippen molar-refractivity contribution in [3.63, 3.8) is 0 Å². The van der Waals surface area contributed by atoms with Gasteiger partial charge in [0, 0.05) is 44.7 Å². The van der Waals surface area contributed by atoms with Gasteiger partial charge < -0.3 is 14.2 Å². The van der Waals surface area contributed by atoms with Crippen LogP contribution in [0, 0.1) is 5.92 Å². The average Bonchev–Trinajstić information content (AvgIpc) is 3.17. The molecule has 0 bridgehead atoms. The van der Waals surface area contributed by atoms with Crippen LogP contribution in [0.3, 0.4) is 0 Å². The Hall–Kier alpha value is -1.82. The molecule has 2 fully saturated rings. The highest BCUT2D eigenvalue weighted by atomic mass is 16.3. The van der Waals surface area contributed by atoms with Gasteiger partial charge in [-0.15, -0.1) is 0 Å². The third kappa shape index (κ3) is 3.64. The molecule has 24 heavy (non-hydrogen) atoms. The zero-order valence-electron chi connectivity index (χ0n) is 14.8. The van der Waals surface area contributed by atoms with Crippen LogP contribution < -0.4 is 0 Å². The molecule has 6 nitrogen and oxygen atoms in total. The third-order valence-electron chi connectivity index (χ3n) is 5.03. The Balaban J connectivity index is 1.54. The van der Waals surface area contributed by atoms with Crippen molar-refractivity contribution in [1.82, 2.24) is 14.7 Å². The van der Waals surface area contributed by atoms with Gasteiger partial charge in [-0.25, -0.2) is 0 Å². The molecule has 0 aromatic carbocycles. The van der Waals surface area contributed by atoms with Crippen LogP contribution in [0.2, 0.25) is 0 Å². The fourth-order valence-corrected chi connectivity index (χ4v) is 3.54. The molecule has 0 N–H and O–H groups in total. The maximum Gasteiger partial charge on any atom is 0.228 e. The Labute approximate surface area is 143 Å².